The summed E-state index contributed by atoms with van der Waals surface area (Å²) in [5.74, 6) is 2.22. The van der Waals surface area contributed by atoms with Crippen molar-refractivity contribution in [3.8, 4) is 0 Å². The molecule has 0 amide bonds. The van der Waals surface area contributed by atoms with Crippen LogP contribution in [0.1, 0.15) is 6.42 Å². The fourth-order valence-corrected chi connectivity index (χ4v) is 1.73. The molecule has 0 unspecified atom stereocenters. The number of hydrogen-bond donors (Lipinski definition) is 0. The van der Waals surface area contributed by atoms with Gasteiger partial charge in [0.2, 0.25) is 0 Å². The molecule has 1 aliphatic carbocycles. The summed E-state index contributed by atoms with van der Waals surface area (Å²) in [6.45, 7) is 0.620. The van der Waals surface area contributed by atoms with Gasteiger partial charge in [0.05, 0.1) is 0 Å². The van der Waals surface area contributed by atoms with Gasteiger partial charge in [-0.15, -0.1) is 0 Å². The van der Waals surface area contributed by atoms with E-state index in [0.29, 0.717) is 6.85 Å². The van der Waals surface area contributed by atoms with Gasteiger partial charge < -0.3 is 4.81 Å². The van der Waals surface area contributed by atoms with Crippen LogP contribution in [0.2, 0.25) is 6.32 Å². The van der Waals surface area contributed by atoms with Crippen molar-refractivity contribution in [1.29, 1.82) is 0 Å². The van der Waals surface area contributed by atoms with Crippen molar-refractivity contribution in [2.45, 2.75) is 12.7 Å². The quantitative estimate of drug-likeness (QED) is 0.630. The van der Waals surface area contributed by atoms with Crippen LogP contribution in [0.4, 0.5) is 0 Å². The van der Waals surface area contributed by atoms with Gasteiger partial charge in [-0.1, -0.05) is 24.2 Å². The zero-order valence-corrected chi connectivity index (χ0v) is 11.0. The maximum absolute atomic E-state index is 2.22. The molecule has 0 aromatic heterocycles. The molecule has 0 atom stereocenters. The van der Waals surface area contributed by atoms with Crippen LogP contribution in [0, 0.1) is 0 Å². The Labute approximate surface area is 105 Å². The van der Waals surface area contributed by atoms with Crippen LogP contribution >= 0.6 is 0 Å². The summed E-state index contributed by atoms with van der Waals surface area (Å²) in [6.07, 6.45) is 15.1. The molecule has 1 aliphatic heterocycles. The van der Waals surface area contributed by atoms with Gasteiger partial charge in [-0.25, -0.2) is 0 Å². The Morgan fingerprint density at radius 3 is 2.27 bits per heavy atom. The molecule has 0 aromatic carbocycles. The molecular formula is C12H17BNTi. The molecule has 0 bridgehead atoms. The van der Waals surface area contributed by atoms with Crippen molar-refractivity contribution < 1.29 is 20.4 Å². The molecule has 15 heavy (non-hydrogen) atoms. The first kappa shape index (κ1) is 12.8. The second kappa shape index (κ2) is 7.05. The molecule has 0 saturated carbocycles. The van der Waals surface area contributed by atoms with Crippen LogP contribution in [0.15, 0.2) is 46.3 Å². The normalized spacial score (nSPS) is 17.7. The first-order valence-corrected chi connectivity index (χ1v) is 6.05. The molecule has 2 rings (SSSR count). The van der Waals surface area contributed by atoms with E-state index in [9.17, 15) is 0 Å². The Kier molecular flexibility index (Phi) is 6.00. The summed E-state index contributed by atoms with van der Waals surface area (Å²) in [4.78, 5) is 2.22. The van der Waals surface area contributed by atoms with E-state index in [4.69, 9.17) is 0 Å². The summed E-state index contributed by atoms with van der Waals surface area (Å²) in [5, 5.41) is 0. The molecule has 1 nitrogen and oxygen atoms in total. The van der Waals surface area contributed by atoms with Crippen LogP contribution in [-0.2, 0) is 20.4 Å². The van der Waals surface area contributed by atoms with E-state index >= 15 is 0 Å². The Balaban J connectivity index is 0.000000162. The Morgan fingerprint density at radius 2 is 2.00 bits per heavy atom. The Hall–Kier alpha value is -0.301. The third-order valence-electron chi connectivity index (χ3n) is 2.39. The molecule has 3 heteroatoms. The molecular weight excluding hydrogens is 217 g/mol. The number of allylic oxidation sites excluding steroid dienone is 7. The second-order valence-corrected chi connectivity index (χ2v) is 4.91. The van der Waals surface area contributed by atoms with E-state index in [-0.39, 0.29) is 0 Å². The van der Waals surface area contributed by atoms with Crippen molar-refractivity contribution >= 4 is 6.85 Å². The van der Waals surface area contributed by atoms with Crippen molar-refractivity contribution in [1.82, 2.24) is 4.81 Å². The van der Waals surface area contributed by atoms with Crippen LogP contribution in [-0.4, -0.2) is 25.8 Å². The predicted molar refractivity (Wildman–Crippen MR) is 64.4 cm³/mol. The van der Waals surface area contributed by atoms with E-state index in [1.807, 2.05) is 0 Å². The first-order valence-electron chi connectivity index (χ1n) is 5.27. The monoisotopic (exact) mass is 234 g/mol. The van der Waals surface area contributed by atoms with E-state index in [1.165, 1.54) is 10.3 Å². The molecule has 0 fully saturated rings. The fraction of sp³-hybridized carbons (Fsp3) is 0.333. The van der Waals surface area contributed by atoms with Gasteiger partial charge in [-0.05, 0) is 20.4 Å². The second-order valence-electron chi connectivity index (χ2n) is 3.90. The van der Waals surface area contributed by atoms with Crippen molar-refractivity contribution in [2.75, 3.05) is 14.1 Å². The molecule has 77 valence electrons. The summed E-state index contributed by atoms with van der Waals surface area (Å²) < 4.78 is 1.47. The van der Waals surface area contributed by atoms with Gasteiger partial charge >= 0.3 is 49.0 Å². The average molecular weight is 234 g/mol. The standard InChI is InChI=1S/C7H12BN.C5H5.Ti/c1-9(2)8-6-4-3-5-7-8;1-2-4-5-3-1;/h3-6H,7H2,1-2H3;1-3H,4H2;. The third-order valence-corrected chi connectivity index (χ3v) is 2.97. The van der Waals surface area contributed by atoms with Gasteiger partial charge in [0.15, 0.2) is 0 Å². The molecule has 2 aliphatic rings. The van der Waals surface area contributed by atoms with Gasteiger partial charge in [-0.2, -0.15) is 0 Å². The van der Waals surface area contributed by atoms with Gasteiger partial charge in [0.25, 0.3) is 6.85 Å². The number of hydrogen-bond acceptors (Lipinski definition) is 1. The summed E-state index contributed by atoms with van der Waals surface area (Å²) in [5.41, 5.74) is 0. The Bertz CT molecular complexity index is 303. The van der Waals surface area contributed by atoms with Gasteiger partial charge in [0.1, 0.15) is 0 Å². The summed E-state index contributed by atoms with van der Waals surface area (Å²) in [6, 6.07) is 0. The number of rotatable bonds is 1. The first-order chi connectivity index (χ1) is 7.20. The van der Waals surface area contributed by atoms with Crippen molar-refractivity contribution in [3.05, 3.63) is 46.3 Å². The zero-order chi connectivity index (χ0) is 11.1. The minimum absolute atomic E-state index is 0.620. The van der Waals surface area contributed by atoms with Crippen molar-refractivity contribution in [3.63, 3.8) is 0 Å². The van der Waals surface area contributed by atoms with Crippen molar-refractivity contribution in [2.24, 2.45) is 0 Å². The van der Waals surface area contributed by atoms with E-state index in [2.05, 4.69) is 81.8 Å². The van der Waals surface area contributed by atoms with Gasteiger partial charge in [-0.3, -0.25) is 0 Å². The molecule has 0 aromatic rings. The zero-order valence-electron chi connectivity index (χ0n) is 9.48. The molecule has 0 N–H and O–H groups in total. The van der Waals surface area contributed by atoms with Crippen LogP contribution in [0.3, 0.4) is 0 Å². The summed E-state index contributed by atoms with van der Waals surface area (Å²) in [7, 11) is 4.21. The Morgan fingerprint density at radius 1 is 1.20 bits per heavy atom. The van der Waals surface area contributed by atoms with E-state index in [0.717, 1.165) is 6.32 Å². The third kappa shape index (κ3) is 5.36. The van der Waals surface area contributed by atoms with Gasteiger partial charge in [0, 0.05) is 0 Å². The predicted octanol–water partition coefficient (Wildman–Crippen LogP) is 2.58. The van der Waals surface area contributed by atoms with E-state index in [1.54, 1.807) is 0 Å². The molecule has 0 radical (unpaired) electrons. The SMILES string of the molecule is CN(C)B1C=CC=CC1.[Ti][C]1=CC=CC1. The van der Waals surface area contributed by atoms with Crippen LogP contribution in [0.25, 0.3) is 0 Å². The minimum atomic E-state index is 0.620. The topological polar surface area (TPSA) is 3.24 Å². The fourth-order valence-electron chi connectivity index (χ4n) is 1.40. The molecule has 1 heterocycles. The average Bonchev–Trinajstić information content (AvgIpc) is 2.71. The van der Waals surface area contributed by atoms with Crippen LogP contribution < -0.4 is 0 Å². The maximum atomic E-state index is 2.22. The van der Waals surface area contributed by atoms with Crippen LogP contribution in [0.5, 0.6) is 0 Å². The number of nitrogens with zero attached hydrogens (tertiary/aromatic N) is 1. The molecule has 0 spiro atoms. The summed E-state index contributed by atoms with van der Waals surface area (Å²) >= 11 is 2.14. The van der Waals surface area contributed by atoms with E-state index < -0.39 is 0 Å². The molecule has 0 saturated heterocycles.